The van der Waals surface area contributed by atoms with Crippen molar-refractivity contribution in [2.24, 2.45) is 0 Å². The van der Waals surface area contributed by atoms with Gasteiger partial charge in [-0.05, 0) is 12.1 Å². The number of para-hydroxylation sites is 1. The van der Waals surface area contributed by atoms with E-state index in [0.29, 0.717) is 11.3 Å². The van der Waals surface area contributed by atoms with Crippen LogP contribution in [0.15, 0.2) is 36.4 Å². The predicted octanol–water partition coefficient (Wildman–Crippen LogP) is 3.62. The van der Waals surface area contributed by atoms with E-state index in [4.69, 9.17) is 11.0 Å². The van der Waals surface area contributed by atoms with E-state index in [1.165, 1.54) is 0 Å². The van der Waals surface area contributed by atoms with Gasteiger partial charge in [0.1, 0.15) is 6.07 Å². The van der Waals surface area contributed by atoms with E-state index in [0.717, 1.165) is 12.1 Å². The zero-order valence-corrected chi connectivity index (χ0v) is 10.6. The Balaban J connectivity index is 2.38. The molecule has 0 bridgehead atoms. The van der Waals surface area contributed by atoms with Crippen LogP contribution in [0.25, 0.3) is 0 Å². The number of benzene rings is 2. The molecule has 3 N–H and O–H groups in total. The molecule has 4 nitrogen and oxygen atoms in total. The standard InChI is InChI=1S/C14H10F3N3O/c15-9-5-10(19)12(6-13(9)21-14(16)17)20-11-4-2-1-3-8(11)7-18/h1-6,14,20H,19H2. The monoisotopic (exact) mass is 293 g/mol. The highest BCUT2D eigenvalue weighted by Gasteiger charge is 2.14. The lowest BCUT2D eigenvalue weighted by Crippen LogP contribution is -2.06. The van der Waals surface area contributed by atoms with E-state index in [9.17, 15) is 13.2 Å². The smallest absolute Gasteiger partial charge is 0.387 e. The van der Waals surface area contributed by atoms with Crippen molar-refractivity contribution in [3.8, 4) is 11.8 Å². The average molecular weight is 293 g/mol. The third kappa shape index (κ3) is 3.36. The first-order valence-corrected chi connectivity index (χ1v) is 5.81. The van der Waals surface area contributed by atoms with Crippen LogP contribution < -0.4 is 15.8 Å². The number of nitrogens with two attached hydrogens (primary N) is 1. The zero-order valence-electron chi connectivity index (χ0n) is 10.6. The minimum Gasteiger partial charge on any atom is -0.432 e. The van der Waals surface area contributed by atoms with Gasteiger partial charge in [0.25, 0.3) is 0 Å². The molecule has 0 aromatic heterocycles. The molecule has 21 heavy (non-hydrogen) atoms. The number of nitrogens with one attached hydrogen (secondary N) is 1. The molecule has 0 aliphatic carbocycles. The summed E-state index contributed by atoms with van der Waals surface area (Å²) >= 11 is 0. The van der Waals surface area contributed by atoms with Crippen LogP contribution in [0.5, 0.6) is 5.75 Å². The van der Waals surface area contributed by atoms with Crippen LogP contribution in [0, 0.1) is 17.1 Å². The molecule has 0 aliphatic heterocycles. The van der Waals surface area contributed by atoms with Crippen LogP contribution in [0.2, 0.25) is 0 Å². The molecule has 0 atom stereocenters. The first kappa shape index (κ1) is 14.5. The number of halogens is 3. The number of rotatable bonds is 4. The number of anilines is 3. The number of nitrogens with zero attached hydrogens (tertiary/aromatic N) is 1. The van der Waals surface area contributed by atoms with Gasteiger partial charge >= 0.3 is 6.61 Å². The Bertz CT molecular complexity index is 698. The molecule has 2 aromatic rings. The largest absolute Gasteiger partial charge is 0.432 e. The fourth-order valence-electron chi connectivity index (χ4n) is 1.70. The van der Waals surface area contributed by atoms with E-state index in [1.54, 1.807) is 24.3 Å². The van der Waals surface area contributed by atoms with Crippen molar-refractivity contribution in [3.05, 3.63) is 47.8 Å². The highest BCUT2D eigenvalue weighted by Crippen LogP contribution is 2.32. The summed E-state index contributed by atoms with van der Waals surface area (Å²) in [5.41, 5.74) is 6.54. The molecule has 2 rings (SSSR count). The van der Waals surface area contributed by atoms with Crippen molar-refractivity contribution in [1.82, 2.24) is 0 Å². The van der Waals surface area contributed by atoms with Crippen molar-refractivity contribution < 1.29 is 17.9 Å². The quantitative estimate of drug-likeness (QED) is 0.844. The van der Waals surface area contributed by atoms with Gasteiger partial charge in [-0.25, -0.2) is 4.39 Å². The molecule has 0 spiro atoms. The fraction of sp³-hybridized carbons (Fsp3) is 0.0714. The molecule has 0 radical (unpaired) electrons. The van der Waals surface area contributed by atoms with Gasteiger partial charge < -0.3 is 15.8 Å². The van der Waals surface area contributed by atoms with Crippen molar-refractivity contribution >= 4 is 17.1 Å². The number of hydrogen-bond donors (Lipinski definition) is 2. The van der Waals surface area contributed by atoms with Gasteiger partial charge in [0.15, 0.2) is 11.6 Å². The van der Waals surface area contributed by atoms with Gasteiger partial charge in [0.05, 0.1) is 22.6 Å². The van der Waals surface area contributed by atoms with Gasteiger partial charge in [0, 0.05) is 12.1 Å². The second-order valence-corrected chi connectivity index (χ2v) is 4.03. The minimum absolute atomic E-state index is 0.00172. The van der Waals surface area contributed by atoms with Gasteiger partial charge in [0.2, 0.25) is 0 Å². The average Bonchev–Trinajstić information content (AvgIpc) is 2.44. The lowest BCUT2D eigenvalue weighted by atomic mass is 10.1. The maximum atomic E-state index is 13.5. The molecule has 0 heterocycles. The summed E-state index contributed by atoms with van der Waals surface area (Å²) in [5.74, 6) is -1.62. The summed E-state index contributed by atoms with van der Waals surface area (Å²) in [7, 11) is 0. The summed E-state index contributed by atoms with van der Waals surface area (Å²) in [6.07, 6.45) is 0. The third-order valence-electron chi connectivity index (χ3n) is 2.64. The van der Waals surface area contributed by atoms with Crippen molar-refractivity contribution in [2.75, 3.05) is 11.1 Å². The number of nitrogen functional groups attached to an aromatic ring is 1. The third-order valence-corrected chi connectivity index (χ3v) is 2.64. The summed E-state index contributed by atoms with van der Waals surface area (Å²) in [6.45, 7) is -3.15. The van der Waals surface area contributed by atoms with E-state index in [2.05, 4.69) is 10.1 Å². The van der Waals surface area contributed by atoms with E-state index in [-0.39, 0.29) is 11.4 Å². The van der Waals surface area contributed by atoms with Crippen LogP contribution in [-0.4, -0.2) is 6.61 Å². The fourth-order valence-corrected chi connectivity index (χ4v) is 1.70. The Kier molecular flexibility index (Phi) is 4.18. The Morgan fingerprint density at radius 2 is 1.90 bits per heavy atom. The first-order chi connectivity index (χ1) is 10.0. The molecule has 2 aromatic carbocycles. The summed E-state index contributed by atoms with van der Waals surface area (Å²) in [4.78, 5) is 0. The van der Waals surface area contributed by atoms with E-state index < -0.39 is 18.2 Å². The van der Waals surface area contributed by atoms with Gasteiger partial charge in [-0.15, -0.1) is 0 Å². The SMILES string of the molecule is N#Cc1ccccc1Nc1cc(OC(F)F)c(F)cc1N. The molecule has 0 saturated heterocycles. The molecule has 0 saturated carbocycles. The summed E-state index contributed by atoms with van der Waals surface area (Å²) < 4.78 is 41.9. The summed E-state index contributed by atoms with van der Waals surface area (Å²) in [6, 6.07) is 10.4. The normalized spacial score (nSPS) is 10.2. The van der Waals surface area contributed by atoms with Crippen molar-refractivity contribution in [3.63, 3.8) is 0 Å². The lowest BCUT2D eigenvalue weighted by molar-refractivity contribution is -0.0521. The molecule has 0 unspecified atom stereocenters. The molecule has 0 aliphatic rings. The zero-order chi connectivity index (χ0) is 15.4. The molecule has 0 fully saturated rings. The van der Waals surface area contributed by atoms with Gasteiger partial charge in [-0.2, -0.15) is 14.0 Å². The van der Waals surface area contributed by atoms with Crippen LogP contribution in [0.3, 0.4) is 0 Å². The number of hydrogen-bond acceptors (Lipinski definition) is 4. The van der Waals surface area contributed by atoms with Gasteiger partial charge in [-0.1, -0.05) is 12.1 Å². The Hall–Kier alpha value is -2.88. The number of alkyl halides is 2. The Morgan fingerprint density at radius 3 is 2.57 bits per heavy atom. The minimum atomic E-state index is -3.15. The van der Waals surface area contributed by atoms with Crippen molar-refractivity contribution in [2.45, 2.75) is 6.61 Å². The molecular formula is C14H10F3N3O. The lowest BCUT2D eigenvalue weighted by Gasteiger charge is -2.13. The second kappa shape index (κ2) is 6.05. The van der Waals surface area contributed by atoms with E-state index in [1.807, 2.05) is 6.07 Å². The second-order valence-electron chi connectivity index (χ2n) is 4.03. The molecular weight excluding hydrogens is 283 g/mol. The van der Waals surface area contributed by atoms with Crippen LogP contribution in [0.4, 0.5) is 30.2 Å². The Morgan fingerprint density at radius 1 is 1.19 bits per heavy atom. The van der Waals surface area contributed by atoms with Crippen LogP contribution in [-0.2, 0) is 0 Å². The molecule has 7 heteroatoms. The van der Waals surface area contributed by atoms with E-state index >= 15 is 0 Å². The predicted molar refractivity (Wildman–Crippen MR) is 71.9 cm³/mol. The highest BCUT2D eigenvalue weighted by atomic mass is 19.3. The summed E-state index contributed by atoms with van der Waals surface area (Å²) in [5, 5.41) is 11.8. The highest BCUT2D eigenvalue weighted by molar-refractivity contribution is 5.76. The van der Waals surface area contributed by atoms with Crippen molar-refractivity contribution in [1.29, 1.82) is 5.26 Å². The first-order valence-electron chi connectivity index (χ1n) is 5.81. The topological polar surface area (TPSA) is 71.1 Å². The maximum absolute atomic E-state index is 13.5. The van der Waals surface area contributed by atoms with Gasteiger partial charge in [-0.3, -0.25) is 0 Å². The molecule has 0 amide bonds. The maximum Gasteiger partial charge on any atom is 0.387 e. The number of nitriles is 1. The van der Waals surface area contributed by atoms with Crippen LogP contribution >= 0.6 is 0 Å². The van der Waals surface area contributed by atoms with Crippen LogP contribution in [0.1, 0.15) is 5.56 Å². The molecule has 108 valence electrons. The Labute approximate surface area is 118 Å². The number of ether oxygens (including phenoxy) is 1.